The van der Waals surface area contributed by atoms with Gasteiger partial charge in [-0.3, -0.25) is 4.65 Å². The van der Waals surface area contributed by atoms with E-state index in [4.69, 9.17) is 16.3 Å². The van der Waals surface area contributed by atoms with Gasteiger partial charge >= 0.3 is 5.13 Å². The van der Waals surface area contributed by atoms with Crippen molar-refractivity contribution < 1.29 is 4.74 Å². The molecule has 2 aliphatic rings. The number of alkyl halides is 1. The van der Waals surface area contributed by atoms with Crippen LogP contribution >= 0.6 is 22.9 Å². The molecule has 0 radical (unpaired) electrons. The van der Waals surface area contributed by atoms with Gasteiger partial charge in [-0.1, -0.05) is 18.1 Å². The largest absolute Gasteiger partial charge is 0.623 e. The Morgan fingerprint density at radius 3 is 2.90 bits per heavy atom. The summed E-state index contributed by atoms with van der Waals surface area (Å²) >= 11 is 7.76. The molecule has 3 rings (SSSR count). The van der Waals surface area contributed by atoms with Gasteiger partial charge in [-0.15, -0.1) is 23.3 Å². The fourth-order valence-corrected chi connectivity index (χ4v) is 5.16. The molecule has 0 aliphatic carbocycles. The Morgan fingerprint density at radius 2 is 2.17 bits per heavy atom. The molecular formula is C20H34ClN5O2S. The Balaban J connectivity index is 1.70. The fourth-order valence-electron chi connectivity index (χ4n) is 4.05. The summed E-state index contributed by atoms with van der Waals surface area (Å²) in [6.45, 7) is 10.9. The minimum atomic E-state index is -0.419. The highest BCUT2D eigenvalue weighted by Gasteiger charge is 2.47. The standard InChI is InChI=1S/C20H34ClN5O2S/c1-3-5-6-9-18-22-23-20(29-18)26(27)16-24(10-7-8-17(21)4-2)15-19(26)25-11-13-28-14-12-25/h3,17,19H,1,4-16H2,2H3. The van der Waals surface area contributed by atoms with E-state index in [1.54, 1.807) is 0 Å². The molecule has 0 bridgehead atoms. The number of hydrogen-bond donors (Lipinski definition) is 0. The lowest BCUT2D eigenvalue weighted by Crippen LogP contribution is -2.59. The molecule has 29 heavy (non-hydrogen) atoms. The summed E-state index contributed by atoms with van der Waals surface area (Å²) in [6.07, 6.45) is 7.56. The zero-order valence-electron chi connectivity index (χ0n) is 17.5. The summed E-state index contributed by atoms with van der Waals surface area (Å²) in [4.78, 5) is 4.57. The molecule has 0 aromatic carbocycles. The first-order valence-corrected chi connectivity index (χ1v) is 12.0. The van der Waals surface area contributed by atoms with Crippen LogP contribution in [0.3, 0.4) is 0 Å². The molecule has 2 aliphatic heterocycles. The number of rotatable bonds is 11. The van der Waals surface area contributed by atoms with Crippen molar-refractivity contribution in [3.63, 3.8) is 0 Å². The van der Waals surface area contributed by atoms with Gasteiger partial charge in [0.2, 0.25) is 0 Å². The third-order valence-corrected chi connectivity index (χ3v) is 7.42. The smallest absolute Gasteiger partial charge is 0.309 e. The number of allylic oxidation sites excluding steroid dienone is 1. The van der Waals surface area contributed by atoms with Crippen LogP contribution in [-0.2, 0) is 11.2 Å². The van der Waals surface area contributed by atoms with Crippen LogP contribution in [0.25, 0.3) is 0 Å². The van der Waals surface area contributed by atoms with Crippen molar-refractivity contribution in [3.05, 3.63) is 22.9 Å². The number of morpholine rings is 1. The summed E-state index contributed by atoms with van der Waals surface area (Å²) in [5, 5.41) is 24.5. The molecule has 3 heterocycles. The number of halogens is 1. The average Bonchev–Trinajstić information content (AvgIpc) is 3.34. The molecule has 0 N–H and O–H groups in total. The molecule has 9 heteroatoms. The van der Waals surface area contributed by atoms with Gasteiger partial charge in [0.1, 0.15) is 11.7 Å². The van der Waals surface area contributed by atoms with E-state index in [9.17, 15) is 5.21 Å². The van der Waals surface area contributed by atoms with Crippen LogP contribution in [0.1, 0.15) is 44.0 Å². The summed E-state index contributed by atoms with van der Waals surface area (Å²) in [7, 11) is 0. The second-order valence-corrected chi connectivity index (χ2v) is 9.61. The third kappa shape index (κ3) is 5.97. The van der Waals surface area contributed by atoms with Crippen LogP contribution in [0.4, 0.5) is 5.13 Å². The first kappa shape index (κ1) is 23.1. The Hall–Kier alpha value is -0.610. The van der Waals surface area contributed by atoms with E-state index in [0.29, 0.717) is 25.0 Å². The molecule has 1 aromatic heterocycles. The summed E-state index contributed by atoms with van der Waals surface area (Å²) in [6, 6.07) is 0. The highest BCUT2D eigenvalue weighted by atomic mass is 35.5. The predicted octanol–water partition coefficient (Wildman–Crippen LogP) is 3.58. The minimum absolute atomic E-state index is 0.147. The number of ether oxygens (including phenoxy) is 1. The fraction of sp³-hybridized carbons (Fsp3) is 0.800. The second kappa shape index (κ2) is 11.1. The van der Waals surface area contributed by atoms with E-state index in [1.165, 1.54) is 11.3 Å². The highest BCUT2D eigenvalue weighted by molar-refractivity contribution is 7.15. The number of unbranched alkanes of at least 4 members (excludes halogenated alkanes) is 1. The Bertz CT molecular complexity index is 642. The molecule has 2 saturated heterocycles. The second-order valence-electron chi connectivity index (χ2n) is 7.95. The first-order valence-electron chi connectivity index (χ1n) is 10.8. The van der Waals surface area contributed by atoms with Crippen molar-refractivity contribution in [1.82, 2.24) is 24.6 Å². The van der Waals surface area contributed by atoms with Gasteiger partial charge in [0.05, 0.1) is 19.8 Å². The minimum Gasteiger partial charge on any atom is -0.623 e. The number of hydrogen-bond acceptors (Lipinski definition) is 7. The van der Waals surface area contributed by atoms with Gasteiger partial charge in [0, 0.05) is 31.4 Å². The first-order chi connectivity index (χ1) is 14.1. The van der Waals surface area contributed by atoms with Crippen molar-refractivity contribution in [2.24, 2.45) is 0 Å². The van der Waals surface area contributed by atoms with Crippen LogP contribution in [0.15, 0.2) is 12.7 Å². The van der Waals surface area contributed by atoms with Crippen LogP contribution in [0, 0.1) is 5.21 Å². The molecule has 3 atom stereocenters. The number of nitrogens with zero attached hydrogens (tertiary/aromatic N) is 5. The van der Waals surface area contributed by atoms with Crippen molar-refractivity contribution in [1.29, 1.82) is 0 Å². The highest BCUT2D eigenvalue weighted by Crippen LogP contribution is 2.36. The van der Waals surface area contributed by atoms with Gasteiger partial charge < -0.3 is 9.94 Å². The van der Waals surface area contributed by atoms with E-state index in [1.807, 2.05) is 6.08 Å². The number of aryl methyl sites for hydroxylation is 1. The molecule has 7 nitrogen and oxygen atoms in total. The van der Waals surface area contributed by atoms with E-state index in [0.717, 1.165) is 69.7 Å². The maximum atomic E-state index is 14.1. The van der Waals surface area contributed by atoms with Gasteiger partial charge in [0.15, 0.2) is 6.17 Å². The van der Waals surface area contributed by atoms with E-state index >= 15 is 0 Å². The van der Waals surface area contributed by atoms with E-state index in [-0.39, 0.29) is 11.5 Å². The Labute approximate surface area is 183 Å². The van der Waals surface area contributed by atoms with Crippen LogP contribution in [0.5, 0.6) is 0 Å². The van der Waals surface area contributed by atoms with Crippen molar-refractivity contribution in [3.8, 4) is 0 Å². The molecule has 0 spiro atoms. The molecule has 3 unspecified atom stereocenters. The van der Waals surface area contributed by atoms with Crippen LogP contribution < -0.4 is 4.65 Å². The van der Waals surface area contributed by atoms with Crippen molar-refractivity contribution in [2.45, 2.75) is 57.0 Å². The number of hydroxylamine groups is 2. The van der Waals surface area contributed by atoms with Crippen LogP contribution in [-0.4, -0.2) is 77.6 Å². The van der Waals surface area contributed by atoms with Gasteiger partial charge in [0.25, 0.3) is 0 Å². The van der Waals surface area contributed by atoms with Gasteiger partial charge in [-0.2, -0.15) is 0 Å². The SMILES string of the molecule is C=CCCCc1nnc([N+]2([O-])CN(CCCC(Cl)CC)CC2N2CCOCC2)s1. The lowest BCUT2D eigenvalue weighted by molar-refractivity contribution is -0.00417. The van der Waals surface area contributed by atoms with E-state index < -0.39 is 4.65 Å². The Morgan fingerprint density at radius 1 is 1.38 bits per heavy atom. The van der Waals surface area contributed by atoms with Crippen molar-refractivity contribution >= 4 is 28.1 Å². The molecule has 0 saturated carbocycles. The lowest BCUT2D eigenvalue weighted by Gasteiger charge is -2.45. The molecule has 2 fully saturated rings. The average molecular weight is 444 g/mol. The summed E-state index contributed by atoms with van der Waals surface area (Å²) < 4.78 is 5.09. The zero-order valence-corrected chi connectivity index (χ0v) is 19.0. The van der Waals surface area contributed by atoms with E-state index in [2.05, 4.69) is 33.5 Å². The quantitative estimate of drug-likeness (QED) is 0.171. The molecule has 164 valence electrons. The molecule has 0 amide bonds. The monoisotopic (exact) mass is 443 g/mol. The predicted molar refractivity (Wildman–Crippen MR) is 120 cm³/mol. The topological polar surface area (TPSA) is 64.6 Å². The van der Waals surface area contributed by atoms with Gasteiger partial charge in [-0.05, 0) is 43.4 Å². The number of aromatic nitrogens is 2. The Kier molecular flexibility index (Phi) is 8.85. The molecule has 1 aromatic rings. The number of quaternary nitrogens is 1. The molecular weight excluding hydrogens is 410 g/mol. The van der Waals surface area contributed by atoms with Crippen molar-refractivity contribution in [2.75, 3.05) is 46.1 Å². The lowest BCUT2D eigenvalue weighted by atomic mass is 10.2. The normalized spacial score (nSPS) is 27.3. The van der Waals surface area contributed by atoms with Crippen LogP contribution in [0.2, 0.25) is 0 Å². The zero-order chi connectivity index (χ0) is 20.7. The maximum absolute atomic E-state index is 14.1. The maximum Gasteiger partial charge on any atom is 0.309 e. The third-order valence-electron chi connectivity index (χ3n) is 5.79. The van der Waals surface area contributed by atoms with Gasteiger partial charge in [-0.25, -0.2) is 9.80 Å². The summed E-state index contributed by atoms with van der Waals surface area (Å²) in [5.41, 5.74) is 0. The summed E-state index contributed by atoms with van der Waals surface area (Å²) in [5.74, 6) is 0.